The van der Waals surface area contributed by atoms with Gasteiger partial charge in [0.2, 0.25) is 0 Å². The first-order chi connectivity index (χ1) is 7.95. The van der Waals surface area contributed by atoms with Crippen LogP contribution >= 0.6 is 0 Å². The average Bonchev–Trinajstić information content (AvgIpc) is 2.37. The van der Waals surface area contributed by atoms with Crippen LogP contribution in [-0.4, -0.2) is 50.8 Å². The van der Waals surface area contributed by atoms with Gasteiger partial charge in [0.15, 0.2) is 0 Å². The van der Waals surface area contributed by atoms with Gasteiger partial charge < -0.3 is 34.9 Å². The van der Waals surface area contributed by atoms with Crippen LogP contribution in [0.3, 0.4) is 0 Å². The van der Waals surface area contributed by atoms with E-state index >= 15 is 0 Å². The standard InChI is InChI=1S/C13H26N2O.2ClH/c1-2-4-13(5-3-1)12-14-6-7-15-8-10-16-11-9-15;;/h13-14H,1-12H2;2*1H/p-2. The summed E-state index contributed by atoms with van der Waals surface area (Å²) in [5.74, 6) is 0.957. The van der Waals surface area contributed by atoms with Crippen molar-refractivity contribution in [3.8, 4) is 0 Å². The Morgan fingerprint density at radius 2 is 1.67 bits per heavy atom. The summed E-state index contributed by atoms with van der Waals surface area (Å²) in [6, 6.07) is 0. The molecule has 0 unspecified atom stereocenters. The number of morpholine rings is 1. The third kappa shape index (κ3) is 7.15. The first-order valence-electron chi connectivity index (χ1n) is 6.96. The molecule has 0 bridgehead atoms. The highest BCUT2D eigenvalue weighted by Gasteiger charge is 2.13. The van der Waals surface area contributed by atoms with Crippen LogP contribution in [0.4, 0.5) is 0 Å². The molecule has 110 valence electrons. The van der Waals surface area contributed by atoms with Crippen molar-refractivity contribution in [1.29, 1.82) is 0 Å². The summed E-state index contributed by atoms with van der Waals surface area (Å²) in [7, 11) is 0. The molecule has 3 nitrogen and oxygen atoms in total. The Kier molecular flexibility index (Phi) is 11.6. The molecular weight excluding hydrogens is 271 g/mol. The molecule has 18 heavy (non-hydrogen) atoms. The summed E-state index contributed by atoms with van der Waals surface area (Å²) in [5, 5.41) is 3.62. The van der Waals surface area contributed by atoms with E-state index in [1.54, 1.807) is 0 Å². The molecule has 0 aromatic heterocycles. The Hall–Kier alpha value is 0.460. The van der Waals surface area contributed by atoms with E-state index in [1.807, 2.05) is 0 Å². The molecule has 5 heteroatoms. The van der Waals surface area contributed by atoms with E-state index in [0.29, 0.717) is 0 Å². The van der Waals surface area contributed by atoms with Crippen LogP contribution in [0.5, 0.6) is 0 Å². The zero-order valence-electron chi connectivity index (χ0n) is 11.2. The molecule has 0 aromatic carbocycles. The highest BCUT2D eigenvalue weighted by Crippen LogP contribution is 2.22. The number of halogens is 2. The lowest BCUT2D eigenvalue weighted by atomic mass is 9.89. The smallest absolute Gasteiger partial charge is 0.0594 e. The van der Waals surface area contributed by atoms with Gasteiger partial charge in [-0.25, -0.2) is 0 Å². The monoisotopic (exact) mass is 296 g/mol. The summed E-state index contributed by atoms with van der Waals surface area (Å²) < 4.78 is 5.34. The second-order valence-electron chi connectivity index (χ2n) is 5.16. The normalized spacial score (nSPS) is 22.0. The van der Waals surface area contributed by atoms with Gasteiger partial charge in [-0.3, -0.25) is 4.90 Å². The molecule has 1 heterocycles. The lowest BCUT2D eigenvalue weighted by Gasteiger charge is -2.27. The Morgan fingerprint density at radius 1 is 1.00 bits per heavy atom. The molecule has 1 N–H and O–H groups in total. The Balaban J connectivity index is 0.00000144. The zero-order chi connectivity index (χ0) is 11.1. The molecule has 2 rings (SSSR count). The molecule has 0 amide bonds. The first kappa shape index (κ1) is 18.5. The molecule has 0 atom stereocenters. The van der Waals surface area contributed by atoms with E-state index in [4.69, 9.17) is 4.74 Å². The quantitative estimate of drug-likeness (QED) is 0.518. The second-order valence-corrected chi connectivity index (χ2v) is 5.16. The largest absolute Gasteiger partial charge is 1.00 e. The molecule has 1 aliphatic carbocycles. The maximum Gasteiger partial charge on any atom is 0.0594 e. The zero-order valence-corrected chi connectivity index (χ0v) is 12.7. The van der Waals surface area contributed by atoms with Crippen LogP contribution in [0.25, 0.3) is 0 Å². The highest BCUT2D eigenvalue weighted by molar-refractivity contribution is 4.69. The van der Waals surface area contributed by atoms with Crippen LogP contribution in [-0.2, 0) is 4.74 Å². The van der Waals surface area contributed by atoms with E-state index in [0.717, 1.165) is 38.8 Å². The molecular formula is C13H26Cl2N2O-2. The predicted octanol–water partition coefficient (Wildman–Crippen LogP) is -4.50. The minimum atomic E-state index is 0. The fourth-order valence-corrected chi connectivity index (χ4v) is 2.76. The maximum absolute atomic E-state index is 5.34. The van der Waals surface area contributed by atoms with Gasteiger partial charge in [-0.2, -0.15) is 0 Å². The van der Waals surface area contributed by atoms with Crippen molar-refractivity contribution in [3.05, 3.63) is 0 Å². The first-order valence-corrected chi connectivity index (χ1v) is 6.96. The number of nitrogens with one attached hydrogen (secondary N) is 1. The number of ether oxygens (including phenoxy) is 1. The van der Waals surface area contributed by atoms with Crippen LogP contribution in [0.2, 0.25) is 0 Å². The average molecular weight is 297 g/mol. The van der Waals surface area contributed by atoms with Gasteiger partial charge in [0.1, 0.15) is 0 Å². The number of hydrogen-bond donors (Lipinski definition) is 1. The Labute approximate surface area is 124 Å². The van der Waals surface area contributed by atoms with Crippen molar-refractivity contribution >= 4 is 0 Å². The van der Waals surface area contributed by atoms with Crippen molar-refractivity contribution in [2.75, 3.05) is 45.9 Å². The lowest BCUT2D eigenvalue weighted by Crippen LogP contribution is -3.00. The molecule has 1 saturated carbocycles. The number of rotatable bonds is 5. The van der Waals surface area contributed by atoms with Gasteiger partial charge in [-0.1, -0.05) is 19.3 Å². The van der Waals surface area contributed by atoms with Gasteiger partial charge in [0.25, 0.3) is 0 Å². The molecule has 2 fully saturated rings. The SMILES string of the molecule is C1CCC(CNCCN2CCOCC2)CC1.[Cl-].[Cl-]. The number of nitrogens with zero attached hydrogens (tertiary/aromatic N) is 1. The third-order valence-electron chi connectivity index (χ3n) is 3.87. The fraction of sp³-hybridized carbons (Fsp3) is 1.00. The lowest BCUT2D eigenvalue weighted by molar-refractivity contribution is -0.00100. The topological polar surface area (TPSA) is 24.5 Å². The van der Waals surface area contributed by atoms with Gasteiger partial charge in [0.05, 0.1) is 13.2 Å². The Morgan fingerprint density at radius 3 is 2.33 bits per heavy atom. The van der Waals surface area contributed by atoms with Crippen molar-refractivity contribution in [3.63, 3.8) is 0 Å². The van der Waals surface area contributed by atoms with Gasteiger partial charge in [-0.05, 0) is 25.3 Å². The highest BCUT2D eigenvalue weighted by atomic mass is 35.5. The third-order valence-corrected chi connectivity index (χ3v) is 3.87. The Bertz CT molecular complexity index is 164. The van der Waals surface area contributed by atoms with E-state index < -0.39 is 0 Å². The summed E-state index contributed by atoms with van der Waals surface area (Å²) in [5.41, 5.74) is 0. The van der Waals surface area contributed by atoms with Gasteiger partial charge >= 0.3 is 0 Å². The molecule has 2 aliphatic rings. The second kappa shape index (κ2) is 11.3. The summed E-state index contributed by atoms with van der Waals surface area (Å²) >= 11 is 0. The molecule has 0 aromatic rings. The van der Waals surface area contributed by atoms with Crippen LogP contribution < -0.4 is 30.1 Å². The fourth-order valence-electron chi connectivity index (χ4n) is 2.76. The van der Waals surface area contributed by atoms with E-state index in [-0.39, 0.29) is 24.8 Å². The molecule has 1 aliphatic heterocycles. The summed E-state index contributed by atoms with van der Waals surface area (Å²) in [6.45, 7) is 7.65. The van der Waals surface area contributed by atoms with Crippen LogP contribution in [0.1, 0.15) is 32.1 Å². The van der Waals surface area contributed by atoms with Crippen molar-refractivity contribution in [2.24, 2.45) is 5.92 Å². The summed E-state index contributed by atoms with van der Waals surface area (Å²) in [6.07, 6.45) is 7.27. The van der Waals surface area contributed by atoms with Crippen molar-refractivity contribution < 1.29 is 29.6 Å². The number of hydrogen-bond acceptors (Lipinski definition) is 3. The molecule has 0 radical (unpaired) electrons. The van der Waals surface area contributed by atoms with Crippen LogP contribution in [0, 0.1) is 5.92 Å². The van der Waals surface area contributed by atoms with E-state index in [1.165, 1.54) is 45.2 Å². The minimum Gasteiger partial charge on any atom is -1.00 e. The van der Waals surface area contributed by atoms with Crippen molar-refractivity contribution in [1.82, 2.24) is 10.2 Å². The maximum atomic E-state index is 5.34. The minimum absolute atomic E-state index is 0. The van der Waals surface area contributed by atoms with Gasteiger partial charge in [-0.15, -0.1) is 0 Å². The van der Waals surface area contributed by atoms with E-state index in [9.17, 15) is 0 Å². The predicted molar refractivity (Wildman–Crippen MR) is 66.7 cm³/mol. The van der Waals surface area contributed by atoms with E-state index in [2.05, 4.69) is 10.2 Å². The van der Waals surface area contributed by atoms with Gasteiger partial charge in [0, 0.05) is 26.2 Å². The van der Waals surface area contributed by atoms with Crippen molar-refractivity contribution in [2.45, 2.75) is 32.1 Å². The molecule has 1 saturated heterocycles. The summed E-state index contributed by atoms with van der Waals surface area (Å²) in [4.78, 5) is 2.50. The van der Waals surface area contributed by atoms with Crippen LogP contribution in [0.15, 0.2) is 0 Å². The molecule has 0 spiro atoms.